The Morgan fingerprint density at radius 1 is 1.10 bits per heavy atom. The van der Waals surface area contributed by atoms with Crippen LogP contribution in [0, 0.1) is 0 Å². The number of hydrogen-bond donors (Lipinski definition) is 2. The molecule has 0 unspecified atom stereocenters. The molecule has 3 rings (SSSR count). The van der Waals surface area contributed by atoms with Crippen molar-refractivity contribution in [2.24, 2.45) is 0 Å². The Morgan fingerprint density at radius 3 is 2.55 bits per heavy atom. The summed E-state index contributed by atoms with van der Waals surface area (Å²) < 4.78 is 0. The number of rotatable bonds is 3. The zero-order chi connectivity index (χ0) is 13.9. The Bertz CT molecular complexity index is 605. The van der Waals surface area contributed by atoms with E-state index in [4.69, 9.17) is 11.6 Å². The van der Waals surface area contributed by atoms with Gasteiger partial charge in [-0.2, -0.15) is 0 Å². The number of phenolic OH excluding ortho intramolecular Hbond substituents is 1. The monoisotopic (exact) mass is 289 g/mol. The molecule has 0 saturated heterocycles. The molecule has 1 aliphatic carbocycles. The van der Waals surface area contributed by atoms with Crippen LogP contribution in [0.1, 0.15) is 37.7 Å². The number of fused-ring (bicyclic) bond motifs is 1. The molecular formula is C17H20ClNO. The maximum absolute atomic E-state index is 10.4. The standard InChI is InChI=1S/C17H20ClNO/c18-16-10-12(11-19-13-6-2-1-3-7-13)17(20)15-9-5-4-8-14(15)16/h4-5,8-10,13,19-20H,1-3,6-7,11H2. The Balaban J connectivity index is 1.82. The van der Waals surface area contributed by atoms with Gasteiger partial charge in [0.2, 0.25) is 0 Å². The van der Waals surface area contributed by atoms with Gasteiger partial charge in [-0.15, -0.1) is 0 Å². The van der Waals surface area contributed by atoms with Crippen LogP contribution >= 0.6 is 11.6 Å². The first kappa shape index (κ1) is 13.7. The number of hydrogen-bond acceptors (Lipinski definition) is 2. The van der Waals surface area contributed by atoms with Crippen LogP contribution in [0.3, 0.4) is 0 Å². The van der Waals surface area contributed by atoms with E-state index in [2.05, 4.69) is 5.32 Å². The van der Waals surface area contributed by atoms with Gasteiger partial charge < -0.3 is 10.4 Å². The fourth-order valence-corrected chi connectivity index (χ4v) is 3.36. The van der Waals surface area contributed by atoms with Gasteiger partial charge in [0.25, 0.3) is 0 Å². The zero-order valence-electron chi connectivity index (χ0n) is 11.5. The van der Waals surface area contributed by atoms with Crippen molar-refractivity contribution in [2.75, 3.05) is 0 Å². The summed E-state index contributed by atoms with van der Waals surface area (Å²) in [5.74, 6) is 0.355. The molecule has 2 aromatic carbocycles. The highest BCUT2D eigenvalue weighted by molar-refractivity contribution is 6.35. The lowest BCUT2D eigenvalue weighted by Crippen LogP contribution is -2.30. The fraction of sp³-hybridized carbons (Fsp3) is 0.412. The lowest BCUT2D eigenvalue weighted by Gasteiger charge is -2.23. The van der Waals surface area contributed by atoms with Crippen molar-refractivity contribution in [3.05, 3.63) is 40.9 Å². The first-order valence-electron chi connectivity index (χ1n) is 7.38. The molecule has 0 bridgehead atoms. The van der Waals surface area contributed by atoms with Gasteiger partial charge in [0.1, 0.15) is 5.75 Å². The van der Waals surface area contributed by atoms with Crippen LogP contribution in [0.2, 0.25) is 5.02 Å². The zero-order valence-corrected chi connectivity index (χ0v) is 12.3. The summed E-state index contributed by atoms with van der Waals surface area (Å²) in [4.78, 5) is 0. The highest BCUT2D eigenvalue weighted by atomic mass is 35.5. The summed E-state index contributed by atoms with van der Waals surface area (Å²) in [6.07, 6.45) is 6.44. The molecule has 0 aromatic heterocycles. The lowest BCUT2D eigenvalue weighted by atomic mass is 9.95. The van der Waals surface area contributed by atoms with E-state index in [0.29, 0.717) is 23.4 Å². The van der Waals surface area contributed by atoms with Gasteiger partial charge >= 0.3 is 0 Å². The average Bonchev–Trinajstić information content (AvgIpc) is 2.50. The molecular weight excluding hydrogens is 270 g/mol. The van der Waals surface area contributed by atoms with Crippen molar-refractivity contribution >= 4 is 22.4 Å². The third-order valence-electron chi connectivity index (χ3n) is 4.23. The van der Waals surface area contributed by atoms with Gasteiger partial charge in [-0.05, 0) is 18.9 Å². The number of phenols is 1. The molecule has 0 spiro atoms. The van der Waals surface area contributed by atoms with E-state index >= 15 is 0 Å². The van der Waals surface area contributed by atoms with Gasteiger partial charge in [-0.25, -0.2) is 0 Å². The van der Waals surface area contributed by atoms with Gasteiger partial charge in [0.15, 0.2) is 0 Å². The normalized spacial score (nSPS) is 16.6. The summed E-state index contributed by atoms with van der Waals surface area (Å²) in [6.45, 7) is 0.682. The van der Waals surface area contributed by atoms with Crippen LogP contribution in [0.25, 0.3) is 10.8 Å². The molecule has 0 amide bonds. The van der Waals surface area contributed by atoms with Crippen LogP contribution < -0.4 is 5.32 Å². The number of aromatic hydroxyl groups is 1. The molecule has 0 radical (unpaired) electrons. The van der Waals surface area contributed by atoms with E-state index in [1.54, 1.807) is 0 Å². The minimum Gasteiger partial charge on any atom is -0.507 e. The fourth-order valence-electron chi connectivity index (χ4n) is 3.07. The first-order valence-corrected chi connectivity index (χ1v) is 7.76. The van der Waals surface area contributed by atoms with Crippen molar-refractivity contribution in [3.63, 3.8) is 0 Å². The summed E-state index contributed by atoms with van der Waals surface area (Å²) in [7, 11) is 0. The molecule has 1 aliphatic rings. The predicted octanol–water partition coefficient (Wildman–Crippen LogP) is 4.62. The van der Waals surface area contributed by atoms with E-state index in [-0.39, 0.29) is 0 Å². The summed E-state index contributed by atoms with van der Waals surface area (Å²) >= 11 is 6.32. The minimum absolute atomic E-state index is 0.355. The van der Waals surface area contributed by atoms with Crippen molar-refractivity contribution in [1.29, 1.82) is 0 Å². The highest BCUT2D eigenvalue weighted by Crippen LogP contribution is 2.34. The van der Waals surface area contributed by atoms with Crippen LogP contribution in [0.15, 0.2) is 30.3 Å². The molecule has 1 fully saturated rings. The molecule has 3 heteroatoms. The average molecular weight is 290 g/mol. The van der Waals surface area contributed by atoms with E-state index in [1.165, 1.54) is 32.1 Å². The Morgan fingerprint density at radius 2 is 1.80 bits per heavy atom. The molecule has 106 valence electrons. The van der Waals surface area contributed by atoms with E-state index in [0.717, 1.165) is 16.3 Å². The summed E-state index contributed by atoms with van der Waals surface area (Å²) in [6, 6.07) is 10.2. The van der Waals surface area contributed by atoms with Gasteiger partial charge in [0, 0.05) is 33.9 Å². The van der Waals surface area contributed by atoms with Crippen molar-refractivity contribution < 1.29 is 5.11 Å². The smallest absolute Gasteiger partial charge is 0.127 e. The minimum atomic E-state index is 0.355. The topological polar surface area (TPSA) is 32.3 Å². The second-order valence-electron chi connectivity index (χ2n) is 5.63. The Hall–Kier alpha value is -1.25. The second kappa shape index (κ2) is 6.02. The number of benzene rings is 2. The molecule has 0 heterocycles. The van der Waals surface area contributed by atoms with Gasteiger partial charge in [0.05, 0.1) is 0 Å². The molecule has 2 N–H and O–H groups in total. The summed E-state index contributed by atoms with van der Waals surface area (Å²) in [5.41, 5.74) is 0.888. The van der Waals surface area contributed by atoms with Gasteiger partial charge in [-0.3, -0.25) is 0 Å². The van der Waals surface area contributed by atoms with Crippen LogP contribution in [0.4, 0.5) is 0 Å². The third-order valence-corrected chi connectivity index (χ3v) is 4.54. The number of halogens is 1. The Kier molecular flexibility index (Phi) is 4.13. The SMILES string of the molecule is Oc1c(CNC2CCCCC2)cc(Cl)c2ccccc12. The van der Waals surface area contributed by atoms with Crippen LogP contribution in [0.5, 0.6) is 5.75 Å². The largest absolute Gasteiger partial charge is 0.507 e. The first-order chi connectivity index (χ1) is 9.75. The lowest BCUT2D eigenvalue weighted by molar-refractivity contribution is 0.369. The maximum atomic E-state index is 10.4. The molecule has 20 heavy (non-hydrogen) atoms. The van der Waals surface area contributed by atoms with Crippen molar-refractivity contribution in [3.8, 4) is 5.75 Å². The molecule has 1 saturated carbocycles. The third kappa shape index (κ3) is 2.77. The molecule has 2 aromatic rings. The Labute approximate surface area is 124 Å². The van der Waals surface area contributed by atoms with E-state index in [1.807, 2.05) is 30.3 Å². The van der Waals surface area contributed by atoms with E-state index in [9.17, 15) is 5.11 Å². The predicted molar refractivity (Wildman–Crippen MR) is 84.3 cm³/mol. The maximum Gasteiger partial charge on any atom is 0.127 e. The van der Waals surface area contributed by atoms with Crippen LogP contribution in [-0.2, 0) is 6.54 Å². The second-order valence-corrected chi connectivity index (χ2v) is 6.03. The highest BCUT2D eigenvalue weighted by Gasteiger charge is 2.15. The van der Waals surface area contributed by atoms with Crippen molar-refractivity contribution in [2.45, 2.75) is 44.7 Å². The quantitative estimate of drug-likeness (QED) is 0.864. The number of nitrogens with one attached hydrogen (secondary N) is 1. The molecule has 2 nitrogen and oxygen atoms in total. The summed E-state index contributed by atoms with van der Waals surface area (Å²) in [5, 5.41) is 16.4. The molecule has 0 aliphatic heterocycles. The van der Waals surface area contributed by atoms with E-state index < -0.39 is 0 Å². The molecule has 0 atom stereocenters. The van der Waals surface area contributed by atoms with Crippen LogP contribution in [-0.4, -0.2) is 11.1 Å². The van der Waals surface area contributed by atoms with Crippen molar-refractivity contribution in [1.82, 2.24) is 5.32 Å². The van der Waals surface area contributed by atoms with Gasteiger partial charge in [-0.1, -0.05) is 55.1 Å².